The number of nitrogens with two attached hydrogens (primary N) is 1. The topological polar surface area (TPSA) is 81.4 Å². The van der Waals surface area contributed by atoms with E-state index < -0.39 is 23.7 Å². The number of benzene rings is 3. The van der Waals surface area contributed by atoms with E-state index in [0.29, 0.717) is 23.4 Å². The van der Waals surface area contributed by atoms with Crippen molar-refractivity contribution in [3.8, 4) is 16.9 Å². The van der Waals surface area contributed by atoms with E-state index in [1.54, 1.807) is 18.2 Å². The molecule has 0 saturated heterocycles. The van der Waals surface area contributed by atoms with Gasteiger partial charge in [-0.1, -0.05) is 35.9 Å². The average Bonchev–Trinajstić information content (AvgIpc) is 3.09. The second kappa shape index (κ2) is 8.49. The molecule has 1 aliphatic rings. The zero-order valence-corrected chi connectivity index (χ0v) is 17.4. The molecule has 0 spiro atoms. The molecule has 0 radical (unpaired) electrons. The SMILES string of the molecule is CCNC(=O)c1cccc(-c2ccc3c(c2)OC(C(=O)c2ccc(F)cc2Cl)C3N)c1. The zero-order valence-electron chi connectivity index (χ0n) is 16.7. The van der Waals surface area contributed by atoms with Crippen LogP contribution in [0.4, 0.5) is 4.39 Å². The van der Waals surface area contributed by atoms with Crippen LogP contribution in [0.15, 0.2) is 60.7 Å². The van der Waals surface area contributed by atoms with Crippen molar-refractivity contribution in [2.75, 3.05) is 6.54 Å². The van der Waals surface area contributed by atoms with E-state index in [2.05, 4.69) is 5.32 Å². The number of nitrogens with one attached hydrogen (secondary N) is 1. The van der Waals surface area contributed by atoms with Crippen LogP contribution in [-0.4, -0.2) is 24.3 Å². The number of rotatable bonds is 5. The van der Waals surface area contributed by atoms with Crippen LogP contribution in [0.25, 0.3) is 11.1 Å². The molecule has 2 unspecified atom stereocenters. The molecule has 3 N–H and O–H groups in total. The second-order valence-electron chi connectivity index (χ2n) is 7.25. The Kier molecular flexibility index (Phi) is 5.76. The Labute approximate surface area is 184 Å². The van der Waals surface area contributed by atoms with Crippen LogP contribution in [0.1, 0.15) is 39.2 Å². The summed E-state index contributed by atoms with van der Waals surface area (Å²) < 4.78 is 19.2. The highest BCUT2D eigenvalue weighted by molar-refractivity contribution is 6.34. The molecule has 0 saturated carbocycles. The summed E-state index contributed by atoms with van der Waals surface area (Å²) in [6.45, 7) is 2.40. The Hall–Kier alpha value is -3.22. The summed E-state index contributed by atoms with van der Waals surface area (Å²) in [6.07, 6.45) is -0.963. The molecule has 31 heavy (non-hydrogen) atoms. The van der Waals surface area contributed by atoms with E-state index in [9.17, 15) is 14.0 Å². The quantitative estimate of drug-likeness (QED) is 0.573. The molecular formula is C24H20ClFN2O3. The fraction of sp³-hybridized carbons (Fsp3) is 0.167. The van der Waals surface area contributed by atoms with Gasteiger partial charge in [0, 0.05) is 23.2 Å². The molecule has 0 fully saturated rings. The molecular weight excluding hydrogens is 419 g/mol. The third-order valence-corrected chi connectivity index (χ3v) is 5.52. The first-order valence-electron chi connectivity index (χ1n) is 9.83. The first-order chi connectivity index (χ1) is 14.9. The van der Waals surface area contributed by atoms with Gasteiger partial charge in [-0.3, -0.25) is 9.59 Å². The summed E-state index contributed by atoms with van der Waals surface area (Å²) in [6, 6.07) is 15.6. The van der Waals surface area contributed by atoms with Crippen molar-refractivity contribution in [1.82, 2.24) is 5.32 Å². The van der Waals surface area contributed by atoms with E-state index >= 15 is 0 Å². The van der Waals surface area contributed by atoms with Gasteiger partial charge >= 0.3 is 0 Å². The van der Waals surface area contributed by atoms with Gasteiger partial charge in [0.15, 0.2) is 6.10 Å². The molecule has 3 aromatic carbocycles. The van der Waals surface area contributed by atoms with E-state index in [-0.39, 0.29) is 16.5 Å². The highest BCUT2D eigenvalue weighted by Gasteiger charge is 2.38. The first kappa shape index (κ1) is 21.0. The summed E-state index contributed by atoms with van der Waals surface area (Å²) in [5.74, 6) is -0.593. The van der Waals surface area contributed by atoms with Crippen molar-refractivity contribution in [2.24, 2.45) is 5.73 Å². The largest absolute Gasteiger partial charge is 0.480 e. The van der Waals surface area contributed by atoms with Crippen molar-refractivity contribution in [1.29, 1.82) is 0 Å². The summed E-state index contributed by atoms with van der Waals surface area (Å²) >= 11 is 6.04. The predicted molar refractivity (Wildman–Crippen MR) is 117 cm³/mol. The van der Waals surface area contributed by atoms with Gasteiger partial charge in [0.25, 0.3) is 5.91 Å². The molecule has 1 amide bonds. The first-order valence-corrected chi connectivity index (χ1v) is 10.2. The van der Waals surface area contributed by atoms with Crippen molar-refractivity contribution in [3.05, 3.63) is 88.2 Å². The molecule has 0 aliphatic carbocycles. The number of hydrogen-bond acceptors (Lipinski definition) is 4. The van der Waals surface area contributed by atoms with Crippen molar-refractivity contribution in [2.45, 2.75) is 19.1 Å². The molecule has 5 nitrogen and oxygen atoms in total. The number of Topliss-reactive ketones (excluding diaryl/α,β-unsaturated/α-hetero) is 1. The van der Waals surface area contributed by atoms with Crippen molar-refractivity contribution < 1.29 is 18.7 Å². The van der Waals surface area contributed by atoms with Crippen LogP contribution in [0.2, 0.25) is 5.02 Å². The summed E-state index contributed by atoms with van der Waals surface area (Å²) in [5, 5.41) is 2.79. The van der Waals surface area contributed by atoms with Crippen LogP contribution in [-0.2, 0) is 0 Å². The Morgan fingerprint density at radius 3 is 2.61 bits per heavy atom. The van der Waals surface area contributed by atoms with Crippen molar-refractivity contribution >= 4 is 23.3 Å². The number of ketones is 1. The number of halogens is 2. The molecule has 0 bridgehead atoms. The van der Waals surface area contributed by atoms with Gasteiger partial charge in [-0.2, -0.15) is 0 Å². The van der Waals surface area contributed by atoms with Gasteiger partial charge in [-0.05, 0) is 54.4 Å². The maximum absolute atomic E-state index is 13.3. The Bertz CT molecular complexity index is 1180. The Morgan fingerprint density at radius 1 is 1.10 bits per heavy atom. The standard InChI is InChI=1S/C24H20ClFN2O3/c1-2-28-24(30)15-5-3-4-13(10-15)14-6-8-18-20(11-14)31-23(21(18)27)22(29)17-9-7-16(26)12-19(17)25/h3-12,21,23H,2,27H2,1H3,(H,28,30). The molecule has 2 atom stereocenters. The molecule has 7 heteroatoms. The Balaban J connectivity index is 1.62. The van der Waals surface area contributed by atoms with Gasteiger partial charge < -0.3 is 15.8 Å². The van der Waals surface area contributed by atoms with Crippen LogP contribution < -0.4 is 15.8 Å². The summed E-state index contributed by atoms with van der Waals surface area (Å²) in [4.78, 5) is 25.1. The van der Waals surface area contributed by atoms with Gasteiger partial charge in [-0.15, -0.1) is 0 Å². The fourth-order valence-electron chi connectivity index (χ4n) is 3.63. The normalized spacial score (nSPS) is 17.0. The molecule has 1 aliphatic heterocycles. The van der Waals surface area contributed by atoms with E-state index in [1.807, 2.05) is 31.2 Å². The minimum absolute atomic E-state index is 0.0135. The lowest BCUT2D eigenvalue weighted by Gasteiger charge is -2.15. The highest BCUT2D eigenvalue weighted by atomic mass is 35.5. The smallest absolute Gasteiger partial charge is 0.251 e. The minimum atomic E-state index is -0.963. The second-order valence-corrected chi connectivity index (χ2v) is 7.65. The van der Waals surface area contributed by atoms with Crippen LogP contribution in [0.5, 0.6) is 5.75 Å². The zero-order chi connectivity index (χ0) is 22.1. The fourth-order valence-corrected chi connectivity index (χ4v) is 3.89. The maximum Gasteiger partial charge on any atom is 0.251 e. The lowest BCUT2D eigenvalue weighted by Crippen LogP contribution is -2.33. The van der Waals surface area contributed by atoms with E-state index in [0.717, 1.165) is 17.2 Å². The van der Waals surface area contributed by atoms with Crippen LogP contribution in [0, 0.1) is 5.82 Å². The van der Waals surface area contributed by atoms with E-state index in [1.165, 1.54) is 12.1 Å². The lowest BCUT2D eigenvalue weighted by molar-refractivity contribution is 0.0794. The van der Waals surface area contributed by atoms with Gasteiger partial charge in [-0.25, -0.2) is 4.39 Å². The third kappa shape index (κ3) is 4.04. The molecule has 3 aromatic rings. The molecule has 0 aromatic heterocycles. The monoisotopic (exact) mass is 438 g/mol. The van der Waals surface area contributed by atoms with Crippen molar-refractivity contribution in [3.63, 3.8) is 0 Å². The summed E-state index contributed by atoms with van der Waals surface area (Å²) in [7, 11) is 0. The minimum Gasteiger partial charge on any atom is -0.480 e. The number of ether oxygens (including phenoxy) is 1. The lowest BCUT2D eigenvalue weighted by atomic mass is 9.95. The Morgan fingerprint density at radius 2 is 1.87 bits per heavy atom. The number of carbonyl (C=O) groups is 2. The van der Waals surface area contributed by atoms with Crippen LogP contribution >= 0.6 is 11.6 Å². The molecule has 158 valence electrons. The average molecular weight is 439 g/mol. The van der Waals surface area contributed by atoms with E-state index in [4.69, 9.17) is 22.1 Å². The number of fused-ring (bicyclic) bond motifs is 1. The molecule has 1 heterocycles. The third-order valence-electron chi connectivity index (χ3n) is 5.20. The van der Waals surface area contributed by atoms with Gasteiger partial charge in [0.05, 0.1) is 11.1 Å². The molecule has 4 rings (SSSR count). The predicted octanol–water partition coefficient (Wildman–Crippen LogP) is 4.54. The summed E-state index contributed by atoms with van der Waals surface area (Å²) in [5.41, 5.74) is 9.34. The number of amides is 1. The highest BCUT2D eigenvalue weighted by Crippen LogP contribution is 2.39. The maximum atomic E-state index is 13.3. The number of carbonyl (C=O) groups excluding carboxylic acids is 2. The number of hydrogen-bond donors (Lipinski definition) is 2. The van der Waals surface area contributed by atoms with Gasteiger partial charge in [0.1, 0.15) is 11.6 Å². The van der Waals surface area contributed by atoms with Crippen LogP contribution in [0.3, 0.4) is 0 Å². The van der Waals surface area contributed by atoms with Gasteiger partial charge in [0.2, 0.25) is 5.78 Å².